The topological polar surface area (TPSA) is 55.1 Å². The van der Waals surface area contributed by atoms with Crippen LogP contribution in [-0.4, -0.2) is 20.6 Å². The lowest BCUT2D eigenvalue weighted by atomic mass is 10.2. The van der Waals surface area contributed by atoms with Gasteiger partial charge in [0.15, 0.2) is 0 Å². The number of para-hydroxylation sites is 1. The molecule has 0 bridgehead atoms. The number of aromatic nitrogens is 2. The number of carboxylic acids is 1. The van der Waals surface area contributed by atoms with Gasteiger partial charge in [-0.05, 0) is 24.5 Å². The van der Waals surface area contributed by atoms with E-state index in [0.717, 1.165) is 42.2 Å². The molecular formula is C15H18N2O2. The lowest BCUT2D eigenvalue weighted by Gasteiger charge is -2.09. The molecule has 0 spiro atoms. The van der Waals surface area contributed by atoms with Crippen LogP contribution in [0.3, 0.4) is 0 Å². The van der Waals surface area contributed by atoms with E-state index in [0.29, 0.717) is 5.56 Å². The van der Waals surface area contributed by atoms with Gasteiger partial charge in [0.1, 0.15) is 5.82 Å². The van der Waals surface area contributed by atoms with E-state index in [1.54, 1.807) is 12.1 Å². The zero-order chi connectivity index (χ0) is 13.4. The summed E-state index contributed by atoms with van der Waals surface area (Å²) < 4.78 is 2.11. The average Bonchev–Trinajstić information content (AvgIpc) is 3.16. The fourth-order valence-electron chi connectivity index (χ4n) is 2.64. The van der Waals surface area contributed by atoms with Gasteiger partial charge >= 0.3 is 5.97 Å². The molecule has 0 aliphatic heterocycles. The largest absolute Gasteiger partial charge is 0.478 e. The van der Waals surface area contributed by atoms with Crippen LogP contribution in [0.5, 0.6) is 0 Å². The van der Waals surface area contributed by atoms with Crippen molar-refractivity contribution in [3.8, 4) is 0 Å². The number of carbonyl (C=O) groups is 1. The molecule has 2 aromatic rings. The van der Waals surface area contributed by atoms with Crippen LogP contribution in [-0.2, 0) is 13.0 Å². The first-order valence-electron chi connectivity index (χ1n) is 6.92. The number of carboxylic acid groups (broad SMARTS) is 1. The zero-order valence-electron chi connectivity index (χ0n) is 11.1. The summed E-state index contributed by atoms with van der Waals surface area (Å²) in [5.41, 5.74) is 1.94. The van der Waals surface area contributed by atoms with Crippen LogP contribution in [0.25, 0.3) is 11.0 Å². The van der Waals surface area contributed by atoms with Crippen LogP contribution >= 0.6 is 0 Å². The number of fused-ring (bicyclic) bond motifs is 1. The summed E-state index contributed by atoms with van der Waals surface area (Å²) >= 11 is 0. The monoisotopic (exact) mass is 258 g/mol. The molecule has 0 saturated heterocycles. The number of aromatic carboxylic acids is 1. The van der Waals surface area contributed by atoms with Crippen molar-refractivity contribution in [3.05, 3.63) is 29.6 Å². The Morgan fingerprint density at radius 3 is 2.89 bits per heavy atom. The molecule has 1 saturated carbocycles. The van der Waals surface area contributed by atoms with Crippen molar-refractivity contribution < 1.29 is 9.90 Å². The summed E-state index contributed by atoms with van der Waals surface area (Å²) in [6.45, 7) is 2.95. The molecule has 1 heterocycles. The summed E-state index contributed by atoms with van der Waals surface area (Å²) in [7, 11) is 0. The van der Waals surface area contributed by atoms with E-state index >= 15 is 0 Å². The van der Waals surface area contributed by atoms with Crippen LogP contribution in [0.1, 0.15) is 42.4 Å². The third-order valence-electron chi connectivity index (χ3n) is 3.85. The molecular weight excluding hydrogens is 240 g/mol. The van der Waals surface area contributed by atoms with Crippen LogP contribution in [0.4, 0.5) is 0 Å². The molecule has 0 atom stereocenters. The van der Waals surface area contributed by atoms with E-state index in [2.05, 4.69) is 16.5 Å². The van der Waals surface area contributed by atoms with Gasteiger partial charge in [-0.3, -0.25) is 0 Å². The van der Waals surface area contributed by atoms with Crippen molar-refractivity contribution >= 4 is 17.0 Å². The first kappa shape index (κ1) is 12.2. The van der Waals surface area contributed by atoms with Crippen LogP contribution in [0.2, 0.25) is 0 Å². The van der Waals surface area contributed by atoms with E-state index < -0.39 is 5.97 Å². The lowest BCUT2D eigenvalue weighted by molar-refractivity contribution is 0.0698. The summed E-state index contributed by atoms with van der Waals surface area (Å²) in [4.78, 5) is 15.9. The molecule has 1 aromatic heterocycles. The molecule has 4 heteroatoms. The molecule has 19 heavy (non-hydrogen) atoms. The molecule has 0 amide bonds. The number of hydrogen-bond donors (Lipinski definition) is 1. The summed E-state index contributed by atoms with van der Waals surface area (Å²) in [6, 6.07) is 5.33. The van der Waals surface area contributed by atoms with Gasteiger partial charge in [0, 0.05) is 13.0 Å². The first-order chi connectivity index (χ1) is 9.20. The van der Waals surface area contributed by atoms with Crippen molar-refractivity contribution in [1.29, 1.82) is 0 Å². The molecule has 1 fully saturated rings. The lowest BCUT2D eigenvalue weighted by Crippen LogP contribution is -2.07. The maximum Gasteiger partial charge on any atom is 0.337 e. The Bertz CT molecular complexity index is 626. The van der Waals surface area contributed by atoms with Crippen LogP contribution < -0.4 is 0 Å². The zero-order valence-corrected chi connectivity index (χ0v) is 11.1. The molecule has 1 aliphatic carbocycles. The molecule has 0 radical (unpaired) electrons. The number of benzene rings is 1. The van der Waals surface area contributed by atoms with Crippen molar-refractivity contribution in [2.45, 2.75) is 39.2 Å². The predicted molar refractivity (Wildman–Crippen MR) is 73.4 cm³/mol. The van der Waals surface area contributed by atoms with Gasteiger partial charge in [0.05, 0.1) is 16.6 Å². The summed E-state index contributed by atoms with van der Waals surface area (Å²) in [5, 5.41) is 9.34. The highest BCUT2D eigenvalue weighted by Gasteiger charge is 2.23. The minimum absolute atomic E-state index is 0.362. The third kappa shape index (κ3) is 2.23. The molecule has 4 nitrogen and oxygen atoms in total. The third-order valence-corrected chi connectivity index (χ3v) is 3.85. The molecule has 1 aromatic carbocycles. The minimum atomic E-state index is -0.874. The highest BCUT2D eigenvalue weighted by Crippen LogP contribution is 2.33. The van der Waals surface area contributed by atoms with E-state index in [4.69, 9.17) is 0 Å². The Morgan fingerprint density at radius 2 is 2.26 bits per heavy atom. The smallest absolute Gasteiger partial charge is 0.337 e. The van der Waals surface area contributed by atoms with E-state index in [1.807, 2.05) is 6.07 Å². The Labute approximate surface area is 112 Å². The second-order valence-electron chi connectivity index (χ2n) is 5.24. The van der Waals surface area contributed by atoms with Gasteiger partial charge in [-0.15, -0.1) is 0 Å². The Balaban J connectivity index is 2.10. The van der Waals surface area contributed by atoms with Gasteiger partial charge in [-0.2, -0.15) is 0 Å². The fraction of sp³-hybridized carbons (Fsp3) is 0.467. The minimum Gasteiger partial charge on any atom is -0.478 e. The maximum atomic E-state index is 11.4. The maximum absolute atomic E-state index is 11.4. The number of imidazole rings is 1. The number of rotatable bonds is 5. The Kier molecular flexibility index (Phi) is 3.01. The molecule has 1 N–H and O–H groups in total. The van der Waals surface area contributed by atoms with E-state index in [-0.39, 0.29) is 0 Å². The van der Waals surface area contributed by atoms with Gasteiger partial charge < -0.3 is 9.67 Å². The average molecular weight is 258 g/mol. The molecule has 100 valence electrons. The van der Waals surface area contributed by atoms with Gasteiger partial charge in [0.25, 0.3) is 0 Å². The van der Waals surface area contributed by atoms with Crippen LogP contribution in [0, 0.1) is 5.92 Å². The number of nitrogens with zero attached hydrogens (tertiary/aromatic N) is 2. The van der Waals surface area contributed by atoms with Crippen molar-refractivity contribution in [2.24, 2.45) is 5.92 Å². The number of hydrogen-bond acceptors (Lipinski definition) is 2. The molecule has 3 rings (SSSR count). The first-order valence-corrected chi connectivity index (χ1v) is 6.92. The SMILES string of the molecule is CCc1nc2cccc(C(=O)O)c2n1CCC1CC1. The second-order valence-corrected chi connectivity index (χ2v) is 5.24. The second kappa shape index (κ2) is 4.68. The highest BCUT2D eigenvalue weighted by atomic mass is 16.4. The summed E-state index contributed by atoms with van der Waals surface area (Å²) in [6.07, 6.45) is 4.60. The quantitative estimate of drug-likeness (QED) is 0.896. The normalized spacial score (nSPS) is 15.0. The Morgan fingerprint density at radius 1 is 1.47 bits per heavy atom. The molecule has 0 unspecified atom stereocenters. The fourth-order valence-corrected chi connectivity index (χ4v) is 2.64. The van der Waals surface area contributed by atoms with Gasteiger partial charge in [0.2, 0.25) is 0 Å². The van der Waals surface area contributed by atoms with Crippen molar-refractivity contribution in [2.75, 3.05) is 0 Å². The predicted octanol–water partition coefficient (Wildman–Crippen LogP) is 3.10. The van der Waals surface area contributed by atoms with Crippen molar-refractivity contribution in [1.82, 2.24) is 9.55 Å². The van der Waals surface area contributed by atoms with Gasteiger partial charge in [-0.25, -0.2) is 9.78 Å². The van der Waals surface area contributed by atoms with Crippen LogP contribution in [0.15, 0.2) is 18.2 Å². The van der Waals surface area contributed by atoms with E-state index in [1.165, 1.54) is 12.8 Å². The Hall–Kier alpha value is -1.84. The van der Waals surface area contributed by atoms with Crippen molar-refractivity contribution in [3.63, 3.8) is 0 Å². The summed E-state index contributed by atoms with van der Waals surface area (Å²) in [5.74, 6) is 0.948. The standard InChI is InChI=1S/C15H18N2O2/c1-2-13-16-12-5-3-4-11(15(18)19)14(12)17(13)9-8-10-6-7-10/h3-5,10H,2,6-9H2,1H3,(H,18,19). The van der Waals surface area contributed by atoms with E-state index in [9.17, 15) is 9.90 Å². The number of aryl methyl sites for hydroxylation is 2. The van der Waals surface area contributed by atoms with Gasteiger partial charge in [-0.1, -0.05) is 25.8 Å². The molecule has 1 aliphatic rings. The highest BCUT2D eigenvalue weighted by molar-refractivity contribution is 6.01.